The largest absolute Gasteiger partial charge is 0.417 e. The second-order valence-corrected chi connectivity index (χ2v) is 8.46. The van der Waals surface area contributed by atoms with Gasteiger partial charge in [-0.25, -0.2) is 19.9 Å². The van der Waals surface area contributed by atoms with Crippen molar-refractivity contribution < 1.29 is 18.0 Å². The molecule has 7 nitrogen and oxygen atoms in total. The van der Waals surface area contributed by atoms with Gasteiger partial charge in [0, 0.05) is 36.9 Å². The number of aryl methyl sites for hydroxylation is 1. The van der Waals surface area contributed by atoms with E-state index in [1.165, 1.54) is 6.07 Å². The minimum atomic E-state index is -4.43. The molecular formula is C23H21F3N6O. The van der Waals surface area contributed by atoms with Gasteiger partial charge in [-0.15, -0.1) is 0 Å². The lowest BCUT2D eigenvalue weighted by molar-refractivity contribution is -0.137. The molecule has 3 aromatic rings. The lowest BCUT2D eigenvalue weighted by Crippen LogP contribution is -2.48. The number of rotatable bonds is 4. The van der Waals surface area contributed by atoms with E-state index in [2.05, 4.69) is 25.3 Å². The van der Waals surface area contributed by atoms with Crippen LogP contribution in [0.1, 0.15) is 34.6 Å². The molecule has 1 aliphatic carbocycles. The molecule has 170 valence electrons. The Morgan fingerprint density at radius 3 is 2.55 bits per heavy atom. The number of likely N-dealkylation sites (tertiary alicyclic amines) is 1. The molecule has 2 unspecified atom stereocenters. The number of anilines is 1. The molecule has 3 atom stereocenters. The molecule has 0 spiro atoms. The van der Waals surface area contributed by atoms with Crippen LogP contribution < -0.4 is 5.32 Å². The van der Waals surface area contributed by atoms with Crippen molar-refractivity contribution in [3.63, 3.8) is 0 Å². The van der Waals surface area contributed by atoms with Crippen LogP contribution in [-0.4, -0.2) is 49.4 Å². The summed E-state index contributed by atoms with van der Waals surface area (Å²) >= 11 is 0. The van der Waals surface area contributed by atoms with Crippen molar-refractivity contribution in [3.05, 3.63) is 65.9 Å². The fourth-order valence-electron chi connectivity index (χ4n) is 4.73. The van der Waals surface area contributed by atoms with Gasteiger partial charge in [0.2, 0.25) is 0 Å². The second-order valence-electron chi connectivity index (χ2n) is 8.46. The summed E-state index contributed by atoms with van der Waals surface area (Å²) in [6.45, 7) is 2.44. The molecule has 33 heavy (non-hydrogen) atoms. The van der Waals surface area contributed by atoms with Gasteiger partial charge >= 0.3 is 6.18 Å². The lowest BCUT2D eigenvalue weighted by atomic mass is 10.0. The maximum atomic E-state index is 13.6. The van der Waals surface area contributed by atoms with Gasteiger partial charge in [-0.2, -0.15) is 13.2 Å². The van der Waals surface area contributed by atoms with E-state index in [9.17, 15) is 18.0 Å². The van der Waals surface area contributed by atoms with Crippen LogP contribution in [0.3, 0.4) is 0 Å². The molecule has 0 radical (unpaired) electrons. The molecular weight excluding hydrogens is 433 g/mol. The molecule has 0 aromatic carbocycles. The predicted molar refractivity (Wildman–Crippen MR) is 114 cm³/mol. The molecule has 2 bridgehead atoms. The standard InChI is InChI=1S/C23H21F3N6O/c1-13-3-5-16(21-27-7-2-8-28-21)20(30-13)22(33)32-12-14-9-17(18(32)10-14)31-19-6-4-15(11-29-19)23(24,25)26/h2-8,11,14,17-18H,9-10,12H2,1H3,(H,29,31)/t14?,17-,18?/m0/s1. The fraction of sp³-hybridized carbons (Fsp3) is 0.348. The number of halogens is 3. The average molecular weight is 454 g/mol. The highest BCUT2D eigenvalue weighted by Crippen LogP contribution is 2.40. The number of nitrogens with zero attached hydrogens (tertiary/aromatic N) is 5. The fourth-order valence-corrected chi connectivity index (χ4v) is 4.73. The minimum absolute atomic E-state index is 0.0987. The van der Waals surface area contributed by atoms with Gasteiger partial charge in [-0.1, -0.05) is 0 Å². The molecule has 1 amide bonds. The number of piperidine rings is 1. The van der Waals surface area contributed by atoms with Crippen LogP contribution in [0.4, 0.5) is 19.0 Å². The zero-order valence-electron chi connectivity index (χ0n) is 17.8. The topological polar surface area (TPSA) is 83.9 Å². The van der Waals surface area contributed by atoms with Crippen LogP contribution in [0.25, 0.3) is 11.4 Å². The summed E-state index contributed by atoms with van der Waals surface area (Å²) in [6, 6.07) is 7.47. The van der Waals surface area contributed by atoms with E-state index >= 15 is 0 Å². The summed E-state index contributed by atoms with van der Waals surface area (Å²) in [4.78, 5) is 32.4. The van der Waals surface area contributed by atoms with Crippen molar-refractivity contribution in [2.45, 2.75) is 38.0 Å². The number of hydrogen-bond donors (Lipinski definition) is 1. The first-order valence-corrected chi connectivity index (χ1v) is 10.7. The number of hydrogen-bond acceptors (Lipinski definition) is 6. The Balaban J connectivity index is 1.37. The molecule has 1 saturated heterocycles. The smallest absolute Gasteiger partial charge is 0.365 e. The first-order valence-electron chi connectivity index (χ1n) is 10.7. The van der Waals surface area contributed by atoms with E-state index in [4.69, 9.17) is 0 Å². The van der Waals surface area contributed by atoms with Gasteiger partial charge in [-0.05, 0) is 56.0 Å². The van der Waals surface area contributed by atoms with E-state index < -0.39 is 11.7 Å². The van der Waals surface area contributed by atoms with Crippen LogP contribution >= 0.6 is 0 Å². The van der Waals surface area contributed by atoms with Gasteiger partial charge in [-0.3, -0.25) is 4.79 Å². The van der Waals surface area contributed by atoms with Crippen molar-refractivity contribution in [1.82, 2.24) is 24.8 Å². The van der Waals surface area contributed by atoms with Gasteiger partial charge in [0.15, 0.2) is 5.82 Å². The molecule has 3 aromatic heterocycles. The first-order chi connectivity index (χ1) is 15.8. The Morgan fingerprint density at radius 2 is 1.88 bits per heavy atom. The van der Waals surface area contributed by atoms with E-state index in [1.807, 2.05) is 17.9 Å². The summed E-state index contributed by atoms with van der Waals surface area (Å²) in [6.07, 6.45) is 1.28. The van der Waals surface area contributed by atoms with E-state index in [0.29, 0.717) is 41.1 Å². The highest BCUT2D eigenvalue weighted by atomic mass is 19.4. The third-order valence-electron chi connectivity index (χ3n) is 6.21. The molecule has 10 heteroatoms. The molecule has 4 heterocycles. The number of pyridine rings is 2. The molecule has 1 N–H and O–H groups in total. The SMILES string of the molecule is Cc1ccc(-c2ncccn2)c(C(=O)N2CC3CC2[C@@H](Nc2ccc(C(F)(F)F)cn2)C3)n1. The average Bonchev–Trinajstić information content (AvgIpc) is 3.39. The number of amides is 1. The van der Waals surface area contributed by atoms with Gasteiger partial charge in [0.25, 0.3) is 5.91 Å². The van der Waals surface area contributed by atoms with Crippen LogP contribution in [0.5, 0.6) is 0 Å². The zero-order valence-corrected chi connectivity index (χ0v) is 17.8. The monoisotopic (exact) mass is 454 g/mol. The summed E-state index contributed by atoms with van der Waals surface area (Å²) in [5.74, 6) is 0.911. The van der Waals surface area contributed by atoms with Gasteiger partial charge in [0.1, 0.15) is 11.5 Å². The Kier molecular flexibility index (Phi) is 5.22. The number of carbonyl (C=O) groups excluding carboxylic acids is 1. The summed E-state index contributed by atoms with van der Waals surface area (Å²) in [5, 5.41) is 3.23. The van der Waals surface area contributed by atoms with E-state index in [1.54, 1.807) is 24.5 Å². The molecule has 5 rings (SSSR count). The summed E-state index contributed by atoms with van der Waals surface area (Å²) in [7, 11) is 0. The number of aromatic nitrogens is 4. The van der Waals surface area contributed by atoms with Crippen molar-refractivity contribution in [1.29, 1.82) is 0 Å². The lowest BCUT2D eigenvalue weighted by Gasteiger charge is -2.34. The normalized spacial score (nSPS) is 21.9. The van der Waals surface area contributed by atoms with Gasteiger partial charge < -0.3 is 10.2 Å². The van der Waals surface area contributed by atoms with Crippen LogP contribution in [0.15, 0.2) is 48.9 Å². The predicted octanol–water partition coefficient (Wildman–Crippen LogP) is 3.98. The highest BCUT2D eigenvalue weighted by Gasteiger charge is 2.47. The number of nitrogens with one attached hydrogen (secondary N) is 1. The summed E-state index contributed by atoms with van der Waals surface area (Å²) in [5.41, 5.74) is 0.799. The second kappa shape index (κ2) is 8.09. The highest BCUT2D eigenvalue weighted by molar-refractivity contribution is 5.98. The Labute approximate surface area is 188 Å². The first kappa shape index (κ1) is 21.3. The van der Waals surface area contributed by atoms with Crippen LogP contribution in [0.2, 0.25) is 0 Å². The molecule has 1 aliphatic heterocycles. The third kappa shape index (κ3) is 4.12. The van der Waals surface area contributed by atoms with Crippen molar-refractivity contribution in [3.8, 4) is 11.4 Å². The van der Waals surface area contributed by atoms with Crippen molar-refractivity contribution >= 4 is 11.7 Å². The number of alkyl halides is 3. The number of fused-ring (bicyclic) bond motifs is 2. The maximum absolute atomic E-state index is 13.6. The molecule has 2 fully saturated rings. The zero-order chi connectivity index (χ0) is 23.2. The van der Waals surface area contributed by atoms with Crippen molar-refractivity contribution in [2.24, 2.45) is 5.92 Å². The third-order valence-corrected chi connectivity index (χ3v) is 6.21. The Morgan fingerprint density at radius 1 is 1.09 bits per heavy atom. The molecule has 2 aliphatic rings. The summed E-state index contributed by atoms with van der Waals surface area (Å²) < 4.78 is 38.4. The minimum Gasteiger partial charge on any atom is -0.365 e. The van der Waals surface area contributed by atoms with Crippen LogP contribution in [-0.2, 0) is 6.18 Å². The Hall–Kier alpha value is -3.56. The van der Waals surface area contributed by atoms with Crippen LogP contribution in [0, 0.1) is 12.8 Å². The van der Waals surface area contributed by atoms with Crippen molar-refractivity contribution in [2.75, 3.05) is 11.9 Å². The van der Waals surface area contributed by atoms with E-state index in [0.717, 1.165) is 25.1 Å². The quantitative estimate of drug-likeness (QED) is 0.642. The molecule has 1 saturated carbocycles. The van der Waals surface area contributed by atoms with Gasteiger partial charge in [0.05, 0.1) is 17.2 Å². The Bertz CT molecular complexity index is 1170. The number of carbonyl (C=O) groups is 1. The maximum Gasteiger partial charge on any atom is 0.417 e. The van der Waals surface area contributed by atoms with E-state index in [-0.39, 0.29) is 18.0 Å².